The Morgan fingerprint density at radius 2 is 2.09 bits per heavy atom. The first-order valence-electron chi connectivity index (χ1n) is 3.86. The maximum Gasteiger partial charge on any atom is 0.118 e. The number of allylic oxidation sites excluding steroid dienone is 6. The first-order chi connectivity index (χ1) is 5.20. The van der Waals surface area contributed by atoms with E-state index in [0.717, 1.165) is 6.42 Å². The van der Waals surface area contributed by atoms with E-state index in [-0.39, 0.29) is 5.83 Å². The zero-order valence-corrected chi connectivity index (χ0v) is 7.39. The molecule has 0 radical (unpaired) electrons. The van der Waals surface area contributed by atoms with Gasteiger partial charge in [-0.1, -0.05) is 30.7 Å². The molecule has 0 rings (SSSR count). The van der Waals surface area contributed by atoms with Crippen molar-refractivity contribution in [1.29, 1.82) is 0 Å². The van der Waals surface area contributed by atoms with E-state index in [1.807, 2.05) is 13.0 Å². The predicted octanol–water partition coefficient (Wildman–Crippen LogP) is 3.77. The van der Waals surface area contributed by atoms with E-state index in [2.05, 4.69) is 6.92 Å². The van der Waals surface area contributed by atoms with Crippen LogP contribution in [0, 0.1) is 0 Å². The molecule has 0 aromatic heterocycles. The summed E-state index contributed by atoms with van der Waals surface area (Å²) in [6.45, 7) is 5.78. The molecule has 0 unspecified atom stereocenters. The van der Waals surface area contributed by atoms with Gasteiger partial charge in [-0.2, -0.15) is 0 Å². The fourth-order valence-electron chi connectivity index (χ4n) is 0.518. The fraction of sp³-hybridized carbons (Fsp3) is 0.400. The molecule has 0 aliphatic carbocycles. The summed E-state index contributed by atoms with van der Waals surface area (Å²) in [5.74, 6) is -0.190. The number of rotatable bonds is 3. The van der Waals surface area contributed by atoms with Crippen molar-refractivity contribution in [2.24, 2.45) is 0 Å². The Labute approximate surface area is 68.1 Å². The van der Waals surface area contributed by atoms with Crippen molar-refractivity contribution in [3.63, 3.8) is 0 Å². The van der Waals surface area contributed by atoms with Gasteiger partial charge in [-0.15, -0.1) is 0 Å². The van der Waals surface area contributed by atoms with Crippen molar-refractivity contribution in [2.75, 3.05) is 0 Å². The summed E-state index contributed by atoms with van der Waals surface area (Å²) in [5, 5.41) is 0. The summed E-state index contributed by atoms with van der Waals surface area (Å²) < 4.78 is 12.4. The molecular formula is C10H15F. The van der Waals surface area contributed by atoms with Crippen LogP contribution in [0.5, 0.6) is 0 Å². The van der Waals surface area contributed by atoms with Gasteiger partial charge in [-0.3, -0.25) is 0 Å². The van der Waals surface area contributed by atoms with Crippen LogP contribution in [0.1, 0.15) is 27.2 Å². The van der Waals surface area contributed by atoms with Gasteiger partial charge in [-0.05, 0) is 26.3 Å². The van der Waals surface area contributed by atoms with Crippen LogP contribution in [0.2, 0.25) is 0 Å². The van der Waals surface area contributed by atoms with E-state index < -0.39 is 0 Å². The maximum absolute atomic E-state index is 12.4. The van der Waals surface area contributed by atoms with E-state index in [4.69, 9.17) is 0 Å². The van der Waals surface area contributed by atoms with Gasteiger partial charge in [0.05, 0.1) is 0 Å². The van der Waals surface area contributed by atoms with E-state index in [9.17, 15) is 4.39 Å². The lowest BCUT2D eigenvalue weighted by Gasteiger charge is -1.88. The molecule has 0 saturated heterocycles. The van der Waals surface area contributed by atoms with Crippen molar-refractivity contribution in [2.45, 2.75) is 27.2 Å². The number of halogens is 1. The quantitative estimate of drug-likeness (QED) is 0.543. The van der Waals surface area contributed by atoms with Crippen molar-refractivity contribution in [3.8, 4) is 0 Å². The van der Waals surface area contributed by atoms with E-state index >= 15 is 0 Å². The van der Waals surface area contributed by atoms with Gasteiger partial charge in [0.15, 0.2) is 0 Å². The second kappa shape index (κ2) is 5.90. The lowest BCUT2D eigenvalue weighted by molar-refractivity contribution is 0.665. The zero-order chi connectivity index (χ0) is 8.69. The molecule has 0 fully saturated rings. The molecule has 1 heteroatoms. The molecule has 0 N–H and O–H groups in total. The first-order valence-corrected chi connectivity index (χ1v) is 3.86. The molecule has 11 heavy (non-hydrogen) atoms. The highest BCUT2D eigenvalue weighted by molar-refractivity contribution is 5.18. The lowest BCUT2D eigenvalue weighted by atomic mass is 10.2. The average Bonchev–Trinajstić information content (AvgIpc) is 2.04. The molecule has 0 bridgehead atoms. The normalized spacial score (nSPS) is 14.5. The summed E-state index contributed by atoms with van der Waals surface area (Å²) in [4.78, 5) is 0. The van der Waals surface area contributed by atoms with Gasteiger partial charge >= 0.3 is 0 Å². The standard InChI is InChI=1S/C10H15F/c1-4-9(3)7-6-8-10(11)5-2/h5-8H,4H2,1-3H3/b8-6-,9-7?,10-5+. The molecular weight excluding hydrogens is 139 g/mol. The summed E-state index contributed by atoms with van der Waals surface area (Å²) >= 11 is 0. The number of hydrogen-bond donors (Lipinski definition) is 0. The summed E-state index contributed by atoms with van der Waals surface area (Å²) in [6, 6.07) is 0. The third kappa shape index (κ3) is 5.59. The zero-order valence-electron chi connectivity index (χ0n) is 7.39. The van der Waals surface area contributed by atoms with Crippen LogP contribution >= 0.6 is 0 Å². The van der Waals surface area contributed by atoms with Gasteiger partial charge in [0.1, 0.15) is 5.83 Å². The minimum absolute atomic E-state index is 0.190. The molecule has 0 heterocycles. The largest absolute Gasteiger partial charge is 0.207 e. The SMILES string of the molecule is C/C=C(F)\C=C/C=C(C)CC. The van der Waals surface area contributed by atoms with Crippen molar-refractivity contribution < 1.29 is 4.39 Å². The van der Waals surface area contributed by atoms with Crippen molar-refractivity contribution in [3.05, 3.63) is 35.7 Å². The monoisotopic (exact) mass is 154 g/mol. The molecule has 0 aromatic carbocycles. The Morgan fingerprint density at radius 1 is 1.45 bits per heavy atom. The minimum Gasteiger partial charge on any atom is -0.207 e. The van der Waals surface area contributed by atoms with Crippen LogP contribution in [0.4, 0.5) is 4.39 Å². The predicted molar refractivity (Wildman–Crippen MR) is 48.1 cm³/mol. The molecule has 0 spiro atoms. The lowest BCUT2D eigenvalue weighted by Crippen LogP contribution is -1.68. The summed E-state index contributed by atoms with van der Waals surface area (Å²) in [6.07, 6.45) is 7.56. The Kier molecular flexibility index (Phi) is 5.44. The molecule has 62 valence electrons. The molecule has 0 aromatic rings. The maximum atomic E-state index is 12.4. The van der Waals surface area contributed by atoms with Crippen LogP contribution in [0.25, 0.3) is 0 Å². The molecule has 0 aliphatic heterocycles. The van der Waals surface area contributed by atoms with Gasteiger partial charge in [0.25, 0.3) is 0 Å². The minimum atomic E-state index is -0.190. The molecule has 0 aliphatic rings. The molecule has 0 saturated carbocycles. The summed E-state index contributed by atoms with van der Waals surface area (Å²) in [7, 11) is 0. The average molecular weight is 154 g/mol. The van der Waals surface area contributed by atoms with Crippen LogP contribution in [0.15, 0.2) is 35.7 Å². The van der Waals surface area contributed by atoms with Gasteiger partial charge < -0.3 is 0 Å². The third-order valence-electron chi connectivity index (χ3n) is 1.47. The van der Waals surface area contributed by atoms with Crippen LogP contribution in [0.3, 0.4) is 0 Å². The Balaban J connectivity index is 3.96. The number of hydrogen-bond acceptors (Lipinski definition) is 0. The highest BCUT2D eigenvalue weighted by atomic mass is 19.1. The third-order valence-corrected chi connectivity index (χ3v) is 1.47. The van der Waals surface area contributed by atoms with Gasteiger partial charge in [0.2, 0.25) is 0 Å². The van der Waals surface area contributed by atoms with Gasteiger partial charge in [0, 0.05) is 0 Å². The Hall–Kier alpha value is -0.850. The smallest absolute Gasteiger partial charge is 0.118 e. The highest BCUT2D eigenvalue weighted by Crippen LogP contribution is 2.01. The topological polar surface area (TPSA) is 0 Å². The second-order valence-corrected chi connectivity index (χ2v) is 2.40. The van der Waals surface area contributed by atoms with Crippen LogP contribution in [-0.2, 0) is 0 Å². The Bertz CT molecular complexity index is 185. The molecule has 0 amide bonds. The second-order valence-electron chi connectivity index (χ2n) is 2.40. The van der Waals surface area contributed by atoms with E-state index in [1.165, 1.54) is 17.7 Å². The van der Waals surface area contributed by atoms with Gasteiger partial charge in [-0.25, -0.2) is 4.39 Å². The van der Waals surface area contributed by atoms with Crippen molar-refractivity contribution in [1.82, 2.24) is 0 Å². The van der Waals surface area contributed by atoms with Crippen molar-refractivity contribution >= 4 is 0 Å². The highest BCUT2D eigenvalue weighted by Gasteiger charge is 1.81. The fourth-order valence-corrected chi connectivity index (χ4v) is 0.518. The van der Waals surface area contributed by atoms with Crippen LogP contribution in [-0.4, -0.2) is 0 Å². The molecule has 0 atom stereocenters. The Morgan fingerprint density at radius 3 is 2.55 bits per heavy atom. The van der Waals surface area contributed by atoms with E-state index in [0.29, 0.717) is 0 Å². The van der Waals surface area contributed by atoms with Crippen LogP contribution < -0.4 is 0 Å². The van der Waals surface area contributed by atoms with E-state index in [1.54, 1.807) is 13.0 Å². The summed E-state index contributed by atoms with van der Waals surface area (Å²) in [5.41, 5.74) is 1.25. The first kappa shape index (κ1) is 10.2. The molecule has 0 nitrogen and oxygen atoms in total.